The number of aliphatic imine (C=N–C) groups is 1. The van der Waals surface area contributed by atoms with Crippen LogP contribution in [0.4, 0.5) is 0 Å². The fourth-order valence-corrected chi connectivity index (χ4v) is 3.21. The first-order chi connectivity index (χ1) is 9.33. The quantitative estimate of drug-likeness (QED) is 0.447. The van der Waals surface area contributed by atoms with Crippen molar-refractivity contribution in [3.05, 3.63) is 22.4 Å². The van der Waals surface area contributed by atoms with Crippen molar-refractivity contribution >= 4 is 41.3 Å². The number of halogens is 1. The normalized spacial score (nSPS) is 19.7. The van der Waals surface area contributed by atoms with Crippen LogP contribution in [0.5, 0.6) is 0 Å². The van der Waals surface area contributed by atoms with Gasteiger partial charge in [0.15, 0.2) is 5.96 Å². The fourth-order valence-electron chi connectivity index (χ4n) is 2.56. The van der Waals surface area contributed by atoms with Gasteiger partial charge in [-0.05, 0) is 37.4 Å². The predicted octanol–water partition coefficient (Wildman–Crippen LogP) is 2.52. The second-order valence-corrected chi connectivity index (χ2v) is 5.84. The molecule has 1 saturated heterocycles. The molecule has 0 aliphatic carbocycles. The first kappa shape index (κ1) is 17.7. The minimum absolute atomic E-state index is 0. The molecule has 20 heavy (non-hydrogen) atoms. The Hall–Kier alpha value is -0.340. The lowest BCUT2D eigenvalue weighted by atomic mass is 10.2. The zero-order valence-electron chi connectivity index (χ0n) is 12.3. The van der Waals surface area contributed by atoms with Crippen molar-refractivity contribution < 1.29 is 0 Å². The number of likely N-dealkylation sites (tertiary alicyclic amines) is 1. The van der Waals surface area contributed by atoms with Gasteiger partial charge in [-0.15, -0.1) is 35.3 Å². The van der Waals surface area contributed by atoms with Crippen LogP contribution < -0.4 is 10.6 Å². The van der Waals surface area contributed by atoms with Gasteiger partial charge in [-0.1, -0.05) is 13.0 Å². The van der Waals surface area contributed by atoms with Gasteiger partial charge in [0, 0.05) is 24.5 Å². The van der Waals surface area contributed by atoms with Crippen molar-refractivity contribution in [1.82, 2.24) is 15.5 Å². The van der Waals surface area contributed by atoms with Gasteiger partial charge in [-0.2, -0.15) is 0 Å². The van der Waals surface area contributed by atoms with E-state index in [1.165, 1.54) is 24.3 Å². The maximum absolute atomic E-state index is 4.28. The Morgan fingerprint density at radius 1 is 1.50 bits per heavy atom. The lowest BCUT2D eigenvalue weighted by Gasteiger charge is -2.23. The van der Waals surface area contributed by atoms with E-state index >= 15 is 0 Å². The number of rotatable bonds is 5. The fraction of sp³-hybridized carbons (Fsp3) is 0.643. The molecule has 0 saturated carbocycles. The van der Waals surface area contributed by atoms with Crippen molar-refractivity contribution in [1.29, 1.82) is 0 Å². The summed E-state index contributed by atoms with van der Waals surface area (Å²) in [6.07, 6.45) is 2.62. The van der Waals surface area contributed by atoms with Gasteiger partial charge < -0.3 is 10.6 Å². The Morgan fingerprint density at radius 2 is 2.35 bits per heavy atom. The Labute approximate surface area is 143 Å². The molecule has 4 nitrogen and oxygen atoms in total. The lowest BCUT2D eigenvalue weighted by Crippen LogP contribution is -2.44. The van der Waals surface area contributed by atoms with Crippen LogP contribution in [-0.2, 0) is 6.54 Å². The summed E-state index contributed by atoms with van der Waals surface area (Å²) in [5.74, 6) is 0.899. The van der Waals surface area contributed by atoms with Crippen LogP contribution in [0.2, 0.25) is 0 Å². The largest absolute Gasteiger partial charge is 0.355 e. The van der Waals surface area contributed by atoms with Crippen molar-refractivity contribution in [3.8, 4) is 0 Å². The molecule has 6 heteroatoms. The highest BCUT2D eigenvalue weighted by atomic mass is 127. The van der Waals surface area contributed by atoms with E-state index in [1.54, 1.807) is 11.3 Å². The van der Waals surface area contributed by atoms with Crippen molar-refractivity contribution in [2.24, 2.45) is 4.99 Å². The SMILES string of the molecule is CCN1CCCC1CNC(=NC)NCc1cccs1.I. The number of guanidine groups is 1. The van der Waals surface area contributed by atoms with Crippen LogP contribution in [0.3, 0.4) is 0 Å². The van der Waals surface area contributed by atoms with Crippen molar-refractivity contribution in [3.63, 3.8) is 0 Å². The number of hydrogen-bond donors (Lipinski definition) is 2. The molecule has 114 valence electrons. The van der Waals surface area contributed by atoms with Crippen LogP contribution in [0.25, 0.3) is 0 Å². The smallest absolute Gasteiger partial charge is 0.191 e. The molecule has 2 rings (SSSR count). The van der Waals surface area contributed by atoms with Gasteiger partial charge in [-0.25, -0.2) is 0 Å². The summed E-state index contributed by atoms with van der Waals surface area (Å²) in [5.41, 5.74) is 0. The molecule has 2 heterocycles. The summed E-state index contributed by atoms with van der Waals surface area (Å²) < 4.78 is 0. The van der Waals surface area contributed by atoms with E-state index in [0.29, 0.717) is 6.04 Å². The van der Waals surface area contributed by atoms with Gasteiger partial charge >= 0.3 is 0 Å². The average Bonchev–Trinajstić information content (AvgIpc) is 3.09. The van der Waals surface area contributed by atoms with E-state index < -0.39 is 0 Å². The number of hydrogen-bond acceptors (Lipinski definition) is 3. The maximum atomic E-state index is 4.28. The molecule has 2 N–H and O–H groups in total. The second-order valence-electron chi connectivity index (χ2n) is 4.81. The van der Waals surface area contributed by atoms with E-state index in [-0.39, 0.29) is 24.0 Å². The van der Waals surface area contributed by atoms with Crippen molar-refractivity contribution in [2.75, 3.05) is 26.7 Å². The monoisotopic (exact) mass is 408 g/mol. The van der Waals surface area contributed by atoms with E-state index in [1.807, 2.05) is 7.05 Å². The van der Waals surface area contributed by atoms with Crippen LogP contribution in [0.15, 0.2) is 22.5 Å². The van der Waals surface area contributed by atoms with Gasteiger partial charge in [0.05, 0.1) is 6.54 Å². The van der Waals surface area contributed by atoms with Gasteiger partial charge in [0.25, 0.3) is 0 Å². The number of likely N-dealkylation sites (N-methyl/N-ethyl adjacent to an activating group) is 1. The molecule has 0 spiro atoms. The average molecular weight is 408 g/mol. The van der Waals surface area contributed by atoms with E-state index in [4.69, 9.17) is 0 Å². The van der Waals surface area contributed by atoms with Crippen LogP contribution in [0, 0.1) is 0 Å². The van der Waals surface area contributed by atoms with E-state index in [2.05, 4.69) is 45.0 Å². The Morgan fingerprint density at radius 3 is 3.00 bits per heavy atom. The second kappa shape index (κ2) is 9.57. The minimum Gasteiger partial charge on any atom is -0.355 e. The molecule has 1 unspecified atom stereocenters. The Balaban J connectivity index is 0.00000200. The van der Waals surface area contributed by atoms with Gasteiger partial charge in [0.1, 0.15) is 0 Å². The molecule has 1 aliphatic rings. The molecule has 1 aromatic heterocycles. The first-order valence-electron chi connectivity index (χ1n) is 7.04. The predicted molar refractivity (Wildman–Crippen MR) is 98.2 cm³/mol. The third-order valence-electron chi connectivity index (χ3n) is 3.64. The minimum atomic E-state index is 0. The third kappa shape index (κ3) is 5.21. The standard InChI is InChI=1S/C14H24N4S.HI/c1-3-18-8-4-6-12(18)10-16-14(15-2)17-11-13-7-5-9-19-13;/h5,7,9,12H,3-4,6,8,10-11H2,1-2H3,(H2,15,16,17);1H. The summed E-state index contributed by atoms with van der Waals surface area (Å²) >= 11 is 1.77. The van der Waals surface area contributed by atoms with E-state index in [0.717, 1.165) is 25.6 Å². The zero-order valence-corrected chi connectivity index (χ0v) is 15.4. The first-order valence-corrected chi connectivity index (χ1v) is 7.92. The van der Waals surface area contributed by atoms with Gasteiger partial charge in [0.2, 0.25) is 0 Å². The molecule has 0 bridgehead atoms. The summed E-state index contributed by atoms with van der Waals surface area (Å²) in [4.78, 5) is 8.15. The van der Waals surface area contributed by atoms with Crippen LogP contribution in [0.1, 0.15) is 24.6 Å². The molecule has 0 radical (unpaired) electrons. The zero-order chi connectivity index (χ0) is 13.5. The molecule has 1 atom stereocenters. The summed E-state index contributed by atoms with van der Waals surface area (Å²) in [6.45, 7) is 6.46. The highest BCUT2D eigenvalue weighted by Crippen LogP contribution is 2.15. The molecule has 1 aliphatic heterocycles. The Kier molecular flexibility index (Phi) is 8.47. The number of nitrogens with one attached hydrogen (secondary N) is 2. The molecule has 1 fully saturated rings. The van der Waals surface area contributed by atoms with Gasteiger partial charge in [-0.3, -0.25) is 9.89 Å². The Bertz CT molecular complexity index is 394. The lowest BCUT2D eigenvalue weighted by molar-refractivity contribution is 0.267. The highest BCUT2D eigenvalue weighted by molar-refractivity contribution is 14.0. The maximum Gasteiger partial charge on any atom is 0.191 e. The molecule has 0 amide bonds. The topological polar surface area (TPSA) is 39.7 Å². The third-order valence-corrected chi connectivity index (χ3v) is 4.52. The van der Waals surface area contributed by atoms with Crippen molar-refractivity contribution in [2.45, 2.75) is 32.4 Å². The summed E-state index contributed by atoms with van der Waals surface area (Å²) in [7, 11) is 1.83. The molecule has 1 aromatic rings. The summed E-state index contributed by atoms with van der Waals surface area (Å²) in [5, 5.41) is 8.90. The number of nitrogens with zero attached hydrogens (tertiary/aromatic N) is 2. The highest BCUT2D eigenvalue weighted by Gasteiger charge is 2.22. The summed E-state index contributed by atoms with van der Waals surface area (Å²) in [6, 6.07) is 4.88. The molecular formula is C14H25IN4S. The molecular weight excluding hydrogens is 383 g/mol. The van der Waals surface area contributed by atoms with Crippen LogP contribution >= 0.6 is 35.3 Å². The molecule has 0 aromatic carbocycles. The van der Waals surface area contributed by atoms with Crippen LogP contribution in [-0.4, -0.2) is 43.6 Å². The number of thiophene rings is 1. The van der Waals surface area contributed by atoms with E-state index in [9.17, 15) is 0 Å².